The fourth-order valence-electron chi connectivity index (χ4n) is 3.10. The van der Waals surface area contributed by atoms with Crippen LogP contribution in [0.1, 0.15) is 31.8 Å². The maximum Gasteiger partial charge on any atom is 0.270 e. The first-order valence-corrected chi connectivity index (χ1v) is 8.89. The minimum absolute atomic E-state index is 0.0618. The van der Waals surface area contributed by atoms with Gasteiger partial charge in [0.25, 0.3) is 5.69 Å². The van der Waals surface area contributed by atoms with Crippen molar-refractivity contribution in [3.05, 3.63) is 87.0 Å². The number of phenols is 2. The third-order valence-electron chi connectivity index (χ3n) is 4.56. The lowest BCUT2D eigenvalue weighted by molar-refractivity contribution is -0.384. The Morgan fingerprint density at radius 2 is 1.23 bits per heavy atom. The number of carbonyl (C=O) groups is 2. The van der Waals surface area contributed by atoms with Crippen molar-refractivity contribution in [2.45, 2.75) is 0 Å². The number of methoxy groups -OCH3 is 2. The van der Waals surface area contributed by atoms with Crippen molar-refractivity contribution in [2.24, 2.45) is 0 Å². The fourth-order valence-corrected chi connectivity index (χ4v) is 3.10. The van der Waals surface area contributed by atoms with Crippen LogP contribution in [-0.2, 0) is 0 Å². The summed E-state index contributed by atoms with van der Waals surface area (Å²) in [6.45, 7) is 0. The van der Waals surface area contributed by atoms with Gasteiger partial charge >= 0.3 is 0 Å². The van der Waals surface area contributed by atoms with E-state index in [4.69, 9.17) is 9.47 Å². The van der Waals surface area contributed by atoms with Crippen molar-refractivity contribution in [1.29, 1.82) is 0 Å². The second-order valence-electron chi connectivity index (χ2n) is 6.39. The van der Waals surface area contributed by atoms with Crippen LogP contribution in [0.2, 0.25) is 0 Å². The van der Waals surface area contributed by atoms with E-state index >= 15 is 0 Å². The van der Waals surface area contributed by atoms with Crippen molar-refractivity contribution in [3.63, 3.8) is 0 Å². The molecule has 0 unspecified atom stereocenters. The lowest BCUT2D eigenvalue weighted by atomic mass is 9.95. The quantitative estimate of drug-likeness (QED) is 0.335. The molecule has 0 bridgehead atoms. The number of phenolic OH excluding ortho intramolecular Hbond substituents is 2. The van der Waals surface area contributed by atoms with Gasteiger partial charge < -0.3 is 19.7 Å². The van der Waals surface area contributed by atoms with Crippen LogP contribution in [-0.4, -0.2) is 40.9 Å². The van der Waals surface area contributed by atoms with E-state index < -0.39 is 22.2 Å². The lowest BCUT2D eigenvalue weighted by Crippen LogP contribution is -2.10. The van der Waals surface area contributed by atoms with E-state index in [0.717, 1.165) is 18.2 Å². The standard InChI is InChI=1S/C22H17NO8/c1-30-17-7-3-5-15(24)19(17)21(26)12-9-13(11-14(10-12)23(28)29)22(27)20-16(25)6-4-8-18(20)31-2/h3-11,24-25H,1-2H3. The van der Waals surface area contributed by atoms with Gasteiger partial charge in [-0.2, -0.15) is 0 Å². The summed E-state index contributed by atoms with van der Waals surface area (Å²) >= 11 is 0. The van der Waals surface area contributed by atoms with E-state index in [2.05, 4.69) is 0 Å². The van der Waals surface area contributed by atoms with E-state index in [1.54, 1.807) is 0 Å². The van der Waals surface area contributed by atoms with Gasteiger partial charge in [0.2, 0.25) is 11.6 Å². The molecule has 0 amide bonds. The van der Waals surface area contributed by atoms with Gasteiger partial charge in [0.15, 0.2) is 0 Å². The maximum atomic E-state index is 13.1. The highest BCUT2D eigenvalue weighted by molar-refractivity contribution is 6.16. The van der Waals surface area contributed by atoms with Gasteiger partial charge in [-0.05, 0) is 30.3 Å². The van der Waals surface area contributed by atoms with E-state index in [1.165, 1.54) is 50.6 Å². The van der Waals surface area contributed by atoms with Crippen LogP contribution in [0.5, 0.6) is 23.0 Å². The second kappa shape index (κ2) is 8.54. The van der Waals surface area contributed by atoms with Gasteiger partial charge in [-0.25, -0.2) is 0 Å². The van der Waals surface area contributed by atoms with Gasteiger partial charge in [-0.3, -0.25) is 19.7 Å². The minimum atomic E-state index is -0.781. The average Bonchev–Trinajstić information content (AvgIpc) is 2.77. The normalized spacial score (nSPS) is 10.4. The van der Waals surface area contributed by atoms with Crippen molar-refractivity contribution in [1.82, 2.24) is 0 Å². The fraction of sp³-hybridized carbons (Fsp3) is 0.0909. The van der Waals surface area contributed by atoms with Crippen LogP contribution in [0.15, 0.2) is 54.6 Å². The molecule has 0 atom stereocenters. The molecule has 0 aromatic heterocycles. The highest BCUT2D eigenvalue weighted by Crippen LogP contribution is 2.33. The summed E-state index contributed by atoms with van der Waals surface area (Å²) < 4.78 is 10.2. The summed E-state index contributed by atoms with van der Waals surface area (Å²) in [4.78, 5) is 36.8. The summed E-state index contributed by atoms with van der Waals surface area (Å²) in [6.07, 6.45) is 0. The van der Waals surface area contributed by atoms with E-state index in [-0.39, 0.29) is 45.3 Å². The molecule has 3 rings (SSSR count). The van der Waals surface area contributed by atoms with Crippen LogP contribution >= 0.6 is 0 Å². The van der Waals surface area contributed by atoms with Crippen LogP contribution < -0.4 is 9.47 Å². The number of nitro benzene ring substituents is 1. The van der Waals surface area contributed by atoms with Gasteiger partial charge in [0.05, 0.1) is 19.1 Å². The zero-order valence-corrected chi connectivity index (χ0v) is 16.5. The summed E-state index contributed by atoms with van der Waals surface area (Å²) in [5.74, 6) is -2.20. The summed E-state index contributed by atoms with van der Waals surface area (Å²) in [5.41, 5.74) is -1.36. The zero-order chi connectivity index (χ0) is 22.7. The third kappa shape index (κ3) is 4.01. The molecule has 0 saturated carbocycles. The number of hydrogen-bond donors (Lipinski definition) is 2. The van der Waals surface area contributed by atoms with Gasteiger partial charge in [-0.1, -0.05) is 12.1 Å². The Labute approximate surface area is 176 Å². The van der Waals surface area contributed by atoms with E-state index in [9.17, 15) is 29.9 Å². The predicted molar refractivity (Wildman–Crippen MR) is 109 cm³/mol. The molecule has 31 heavy (non-hydrogen) atoms. The minimum Gasteiger partial charge on any atom is -0.507 e. The predicted octanol–water partition coefficient (Wildman–Crippen LogP) is 3.49. The van der Waals surface area contributed by atoms with Crippen molar-refractivity contribution in [3.8, 4) is 23.0 Å². The van der Waals surface area contributed by atoms with Crippen LogP contribution in [0.3, 0.4) is 0 Å². The number of benzene rings is 3. The zero-order valence-electron chi connectivity index (χ0n) is 16.5. The van der Waals surface area contributed by atoms with E-state index in [1.807, 2.05) is 0 Å². The van der Waals surface area contributed by atoms with Gasteiger partial charge in [-0.15, -0.1) is 0 Å². The Bertz CT molecular complexity index is 1120. The molecule has 0 fully saturated rings. The Hall–Kier alpha value is -4.40. The highest BCUT2D eigenvalue weighted by atomic mass is 16.6. The molecule has 0 aliphatic heterocycles. The monoisotopic (exact) mass is 423 g/mol. The molecule has 9 nitrogen and oxygen atoms in total. The molecule has 0 aliphatic rings. The topological polar surface area (TPSA) is 136 Å². The molecule has 9 heteroatoms. The first-order valence-electron chi connectivity index (χ1n) is 8.89. The number of carbonyl (C=O) groups excluding carboxylic acids is 2. The molecule has 0 spiro atoms. The number of aromatic hydroxyl groups is 2. The Kier molecular flexibility index (Phi) is 5.87. The van der Waals surface area contributed by atoms with Gasteiger partial charge in [0, 0.05) is 23.3 Å². The van der Waals surface area contributed by atoms with Crippen LogP contribution in [0.25, 0.3) is 0 Å². The first-order chi connectivity index (χ1) is 14.8. The van der Waals surface area contributed by atoms with Crippen LogP contribution in [0.4, 0.5) is 5.69 Å². The molecule has 0 saturated heterocycles. The number of nitrogens with zero attached hydrogens (tertiary/aromatic N) is 1. The molecular weight excluding hydrogens is 406 g/mol. The largest absolute Gasteiger partial charge is 0.507 e. The summed E-state index contributed by atoms with van der Waals surface area (Å²) in [7, 11) is 2.61. The number of non-ortho nitro benzene ring substituents is 1. The molecule has 3 aromatic rings. The highest BCUT2D eigenvalue weighted by Gasteiger charge is 2.26. The molecule has 3 aromatic carbocycles. The van der Waals surface area contributed by atoms with Crippen molar-refractivity contribution in [2.75, 3.05) is 14.2 Å². The third-order valence-corrected chi connectivity index (χ3v) is 4.56. The average molecular weight is 423 g/mol. The molecule has 2 N–H and O–H groups in total. The molecule has 0 aliphatic carbocycles. The molecule has 158 valence electrons. The Morgan fingerprint density at radius 1 is 0.806 bits per heavy atom. The van der Waals surface area contributed by atoms with Crippen LogP contribution in [0, 0.1) is 10.1 Å². The van der Waals surface area contributed by atoms with Gasteiger partial charge in [0.1, 0.15) is 34.1 Å². The Morgan fingerprint density at radius 3 is 1.58 bits per heavy atom. The smallest absolute Gasteiger partial charge is 0.270 e. The maximum absolute atomic E-state index is 13.1. The first kappa shape index (κ1) is 21.3. The number of nitro groups is 1. The second-order valence-corrected chi connectivity index (χ2v) is 6.39. The lowest BCUT2D eigenvalue weighted by Gasteiger charge is -2.12. The summed E-state index contributed by atoms with van der Waals surface area (Å²) in [5, 5.41) is 31.7. The molecule has 0 radical (unpaired) electrons. The SMILES string of the molecule is COc1cccc(O)c1C(=O)c1cc(C(=O)c2c(O)cccc2OC)cc([N+](=O)[O-])c1. The van der Waals surface area contributed by atoms with E-state index in [0.29, 0.717) is 0 Å². The molecule has 0 heterocycles. The number of rotatable bonds is 7. The summed E-state index contributed by atoms with van der Waals surface area (Å²) in [6, 6.07) is 11.5. The number of ketones is 2. The number of hydrogen-bond acceptors (Lipinski definition) is 8. The van der Waals surface area contributed by atoms with Crippen molar-refractivity contribution < 1.29 is 34.2 Å². The Balaban J connectivity index is 2.19. The van der Waals surface area contributed by atoms with Crippen molar-refractivity contribution >= 4 is 17.3 Å². The molecular formula is C22H17NO8. The number of ether oxygens (including phenoxy) is 2.